The fraction of sp³-hybridized carbons (Fsp3) is 0.250. The first-order chi connectivity index (χ1) is 14.1. The molecule has 3 rings (SSSR count). The highest BCUT2D eigenvalue weighted by Crippen LogP contribution is 2.31. The van der Waals surface area contributed by atoms with E-state index in [1.807, 2.05) is 61.5 Å². The summed E-state index contributed by atoms with van der Waals surface area (Å²) in [5, 5.41) is 15.3. The normalized spacial score (nSPS) is 13.4. The standard InChI is InChI=1S/C24H28NO3P/c1-17(24(26)18-9-5-4-6-10-18)25-16-29-23-12-8-7-11-22(23)19-13-20(27-2)15-21(14-19)28-3/h4-15,17,24-26,29H,16H2,1-3H3/t17-,24-/m0/s1. The van der Waals surface area contributed by atoms with Gasteiger partial charge in [-0.15, -0.1) is 0 Å². The van der Waals surface area contributed by atoms with Gasteiger partial charge in [0.25, 0.3) is 0 Å². The maximum Gasteiger partial charge on any atom is 0.123 e. The summed E-state index contributed by atoms with van der Waals surface area (Å²) in [5.74, 6) is 1.55. The van der Waals surface area contributed by atoms with Crippen molar-refractivity contribution in [2.45, 2.75) is 19.1 Å². The highest BCUT2D eigenvalue weighted by Gasteiger charge is 2.15. The number of rotatable bonds is 9. The van der Waals surface area contributed by atoms with Crippen molar-refractivity contribution in [1.29, 1.82) is 0 Å². The van der Waals surface area contributed by atoms with Crippen LogP contribution < -0.4 is 20.1 Å². The lowest BCUT2D eigenvalue weighted by Crippen LogP contribution is -2.32. The van der Waals surface area contributed by atoms with Crippen LogP contribution in [0.4, 0.5) is 0 Å². The maximum absolute atomic E-state index is 10.5. The molecule has 5 heteroatoms. The minimum atomic E-state index is -0.529. The summed E-state index contributed by atoms with van der Waals surface area (Å²) in [6.45, 7) is 2.01. The van der Waals surface area contributed by atoms with E-state index in [0.29, 0.717) is 8.58 Å². The van der Waals surface area contributed by atoms with E-state index < -0.39 is 6.10 Å². The third-order valence-electron chi connectivity index (χ3n) is 4.91. The Morgan fingerprint density at radius 2 is 1.52 bits per heavy atom. The van der Waals surface area contributed by atoms with Gasteiger partial charge in [-0.05, 0) is 41.1 Å². The number of aliphatic hydroxyl groups is 1. The van der Waals surface area contributed by atoms with Crippen LogP contribution in [0.1, 0.15) is 18.6 Å². The van der Waals surface area contributed by atoms with E-state index in [1.54, 1.807) is 14.2 Å². The lowest BCUT2D eigenvalue weighted by molar-refractivity contribution is 0.139. The van der Waals surface area contributed by atoms with Crippen LogP contribution in [0.15, 0.2) is 72.8 Å². The topological polar surface area (TPSA) is 50.7 Å². The third kappa shape index (κ3) is 5.57. The molecule has 0 saturated carbocycles. The van der Waals surface area contributed by atoms with Gasteiger partial charge in [0.15, 0.2) is 0 Å². The van der Waals surface area contributed by atoms with E-state index >= 15 is 0 Å². The number of benzene rings is 3. The van der Waals surface area contributed by atoms with Crippen LogP contribution in [0.25, 0.3) is 11.1 Å². The minimum absolute atomic E-state index is 0.0334. The smallest absolute Gasteiger partial charge is 0.123 e. The maximum atomic E-state index is 10.5. The average Bonchev–Trinajstić information content (AvgIpc) is 2.79. The molecule has 2 N–H and O–H groups in total. The van der Waals surface area contributed by atoms with Crippen LogP contribution in [-0.4, -0.2) is 31.7 Å². The van der Waals surface area contributed by atoms with Crippen molar-refractivity contribution in [3.8, 4) is 22.6 Å². The zero-order valence-corrected chi connectivity index (χ0v) is 18.1. The van der Waals surface area contributed by atoms with Crippen molar-refractivity contribution in [1.82, 2.24) is 5.32 Å². The lowest BCUT2D eigenvalue weighted by Gasteiger charge is -2.21. The number of hydrogen-bond donors (Lipinski definition) is 2. The molecule has 0 spiro atoms. The molecule has 0 aliphatic carbocycles. The van der Waals surface area contributed by atoms with Crippen molar-refractivity contribution in [2.75, 3.05) is 20.5 Å². The predicted octanol–water partition coefficient (Wildman–Crippen LogP) is 4.34. The molecule has 0 radical (unpaired) electrons. The average molecular weight is 409 g/mol. The van der Waals surface area contributed by atoms with Gasteiger partial charge in [0.05, 0.1) is 20.3 Å². The van der Waals surface area contributed by atoms with E-state index in [1.165, 1.54) is 10.9 Å². The fourth-order valence-electron chi connectivity index (χ4n) is 3.21. The van der Waals surface area contributed by atoms with Crippen molar-refractivity contribution in [2.24, 2.45) is 0 Å². The third-order valence-corrected chi connectivity index (χ3v) is 6.10. The van der Waals surface area contributed by atoms with E-state index in [4.69, 9.17) is 9.47 Å². The van der Waals surface area contributed by atoms with Gasteiger partial charge in [0, 0.05) is 18.4 Å². The van der Waals surface area contributed by atoms with Crippen molar-refractivity contribution in [3.63, 3.8) is 0 Å². The highest BCUT2D eigenvalue weighted by atomic mass is 31.1. The van der Waals surface area contributed by atoms with E-state index in [9.17, 15) is 5.11 Å². The Kier molecular flexibility index (Phi) is 7.65. The molecular formula is C24H28NO3P. The summed E-state index contributed by atoms with van der Waals surface area (Å²) in [6.07, 6.45) is 0.266. The molecule has 3 aromatic rings. The number of nitrogens with one attached hydrogen (secondary N) is 1. The van der Waals surface area contributed by atoms with Gasteiger partial charge in [0.2, 0.25) is 0 Å². The number of aliphatic hydroxyl groups excluding tert-OH is 1. The Balaban J connectivity index is 1.70. The van der Waals surface area contributed by atoms with Gasteiger partial charge in [-0.3, -0.25) is 0 Å². The van der Waals surface area contributed by atoms with Crippen molar-refractivity contribution < 1.29 is 14.6 Å². The van der Waals surface area contributed by atoms with Crippen LogP contribution in [0, 0.1) is 0 Å². The van der Waals surface area contributed by atoms with Crippen molar-refractivity contribution >= 4 is 13.9 Å². The Bertz CT molecular complexity index is 895. The molecule has 1 unspecified atom stereocenters. The van der Waals surface area contributed by atoms with Crippen LogP contribution >= 0.6 is 8.58 Å². The molecule has 0 heterocycles. The predicted molar refractivity (Wildman–Crippen MR) is 122 cm³/mol. The number of ether oxygens (including phenoxy) is 2. The van der Waals surface area contributed by atoms with Gasteiger partial charge in [-0.2, -0.15) is 0 Å². The molecule has 0 aliphatic heterocycles. The van der Waals surface area contributed by atoms with E-state index in [0.717, 1.165) is 28.9 Å². The first-order valence-corrected chi connectivity index (χ1v) is 10.9. The monoisotopic (exact) mass is 409 g/mol. The Morgan fingerprint density at radius 1 is 0.897 bits per heavy atom. The van der Waals surface area contributed by atoms with Gasteiger partial charge in [-0.1, -0.05) is 63.2 Å². The number of methoxy groups -OCH3 is 2. The molecule has 0 bridgehead atoms. The number of hydrogen-bond acceptors (Lipinski definition) is 4. The molecular weight excluding hydrogens is 381 g/mol. The molecule has 29 heavy (non-hydrogen) atoms. The van der Waals surface area contributed by atoms with Crippen molar-refractivity contribution in [3.05, 3.63) is 78.4 Å². The van der Waals surface area contributed by atoms with Crippen LogP contribution in [0.3, 0.4) is 0 Å². The molecule has 0 fully saturated rings. The van der Waals surface area contributed by atoms with Crippen LogP contribution in [-0.2, 0) is 0 Å². The van der Waals surface area contributed by atoms with Crippen LogP contribution in [0.2, 0.25) is 0 Å². The Morgan fingerprint density at radius 3 is 2.17 bits per heavy atom. The summed E-state index contributed by atoms with van der Waals surface area (Å²) >= 11 is 0. The second-order valence-electron chi connectivity index (χ2n) is 6.85. The molecule has 0 aliphatic rings. The second-order valence-corrected chi connectivity index (χ2v) is 8.09. The fourth-order valence-corrected chi connectivity index (χ4v) is 4.46. The van der Waals surface area contributed by atoms with E-state index in [2.05, 4.69) is 23.5 Å². The van der Waals surface area contributed by atoms with Crippen LogP contribution in [0.5, 0.6) is 11.5 Å². The summed E-state index contributed by atoms with van der Waals surface area (Å²) < 4.78 is 10.8. The second kappa shape index (κ2) is 10.4. The molecule has 152 valence electrons. The molecule has 3 atom stereocenters. The van der Waals surface area contributed by atoms with Gasteiger partial charge in [-0.25, -0.2) is 0 Å². The summed E-state index contributed by atoms with van der Waals surface area (Å²) in [4.78, 5) is 0. The van der Waals surface area contributed by atoms with Gasteiger partial charge >= 0.3 is 0 Å². The molecule has 0 saturated heterocycles. The van der Waals surface area contributed by atoms with Gasteiger partial charge in [0.1, 0.15) is 11.5 Å². The minimum Gasteiger partial charge on any atom is -0.497 e. The molecule has 3 aromatic carbocycles. The first-order valence-electron chi connectivity index (χ1n) is 9.65. The highest BCUT2D eigenvalue weighted by molar-refractivity contribution is 7.47. The first kappa shape index (κ1) is 21.3. The zero-order valence-electron chi connectivity index (χ0n) is 17.1. The summed E-state index contributed by atoms with van der Waals surface area (Å²) in [7, 11) is 3.89. The largest absolute Gasteiger partial charge is 0.497 e. The quantitative estimate of drug-likeness (QED) is 0.516. The lowest BCUT2D eigenvalue weighted by atomic mass is 10.0. The molecule has 0 amide bonds. The van der Waals surface area contributed by atoms with E-state index in [-0.39, 0.29) is 6.04 Å². The van der Waals surface area contributed by atoms with Gasteiger partial charge < -0.3 is 19.9 Å². The Labute approximate surface area is 174 Å². The molecule has 4 nitrogen and oxygen atoms in total. The summed E-state index contributed by atoms with van der Waals surface area (Å²) in [6, 6.07) is 24.1. The SMILES string of the molecule is COc1cc(OC)cc(-c2ccccc2PCN[C@@H](C)[C@H](O)c2ccccc2)c1. The zero-order chi connectivity index (χ0) is 20.6. The summed E-state index contributed by atoms with van der Waals surface area (Å²) in [5.41, 5.74) is 3.17. The molecule has 0 aromatic heterocycles. The Hall–Kier alpha value is -2.39.